The fraction of sp³-hybridized carbons (Fsp3) is 0.412. The first-order valence-electron chi connectivity index (χ1n) is 7.49. The van der Waals surface area contributed by atoms with Gasteiger partial charge in [-0.1, -0.05) is 18.2 Å². The van der Waals surface area contributed by atoms with Crippen molar-refractivity contribution < 1.29 is 19.1 Å². The molecule has 1 amide bonds. The van der Waals surface area contributed by atoms with Gasteiger partial charge in [-0.15, -0.1) is 0 Å². The van der Waals surface area contributed by atoms with Crippen molar-refractivity contribution in [1.29, 1.82) is 0 Å². The number of hydrogen-bond acceptors (Lipinski definition) is 2. The average Bonchev–Trinajstić information content (AvgIpc) is 2.52. The topological polar surface area (TPSA) is 57.6 Å². The van der Waals surface area contributed by atoms with E-state index in [2.05, 4.69) is 0 Å². The summed E-state index contributed by atoms with van der Waals surface area (Å²) in [5.74, 6) is -1.08. The fourth-order valence-electron chi connectivity index (χ4n) is 2.71. The van der Waals surface area contributed by atoms with Gasteiger partial charge in [0.05, 0.1) is 0 Å². The number of carboxylic acids is 1. The predicted molar refractivity (Wildman–Crippen MR) is 81.6 cm³/mol. The quantitative estimate of drug-likeness (QED) is 0.851. The zero-order valence-corrected chi connectivity index (χ0v) is 12.4. The minimum atomic E-state index is -0.803. The summed E-state index contributed by atoms with van der Waals surface area (Å²) in [5.41, 5.74) is 0.385. The Labute approximate surface area is 129 Å². The lowest BCUT2D eigenvalue weighted by Gasteiger charge is -2.32. The van der Waals surface area contributed by atoms with Crippen LogP contribution in [0.15, 0.2) is 30.3 Å². The van der Waals surface area contributed by atoms with Crippen molar-refractivity contribution in [1.82, 2.24) is 4.90 Å². The van der Waals surface area contributed by atoms with Gasteiger partial charge < -0.3 is 10.0 Å². The van der Waals surface area contributed by atoms with Gasteiger partial charge in [0.15, 0.2) is 0 Å². The number of hydrogen-bond donors (Lipinski definition) is 1. The van der Waals surface area contributed by atoms with Crippen LogP contribution in [0.25, 0.3) is 6.08 Å². The molecule has 1 atom stereocenters. The number of likely N-dealkylation sites (tertiary alicyclic amines) is 1. The normalized spacial score (nSPS) is 18.6. The first-order chi connectivity index (χ1) is 10.6. The van der Waals surface area contributed by atoms with Crippen LogP contribution >= 0.6 is 0 Å². The number of amides is 1. The molecule has 0 aromatic heterocycles. The van der Waals surface area contributed by atoms with Crippen LogP contribution in [0.4, 0.5) is 4.39 Å². The lowest BCUT2D eigenvalue weighted by atomic mass is 9.93. The lowest BCUT2D eigenvalue weighted by molar-refractivity contribution is -0.137. The molecule has 4 nitrogen and oxygen atoms in total. The first-order valence-corrected chi connectivity index (χ1v) is 7.49. The molecule has 0 radical (unpaired) electrons. The van der Waals surface area contributed by atoms with Crippen LogP contribution in [0.5, 0.6) is 0 Å². The Balaban J connectivity index is 1.91. The number of nitrogens with zero attached hydrogens (tertiary/aromatic N) is 1. The highest BCUT2D eigenvalue weighted by molar-refractivity contribution is 5.91. The predicted octanol–water partition coefficient (Wildman–Crippen LogP) is 2.94. The van der Waals surface area contributed by atoms with E-state index >= 15 is 0 Å². The highest BCUT2D eigenvalue weighted by Crippen LogP contribution is 2.21. The summed E-state index contributed by atoms with van der Waals surface area (Å²) in [6.07, 6.45) is 5.43. The molecule has 0 aliphatic carbocycles. The standard InChI is InChI=1S/C17H20FNO3/c18-15-6-2-1-5-14(15)8-9-16(20)19-11-3-4-13(12-19)7-10-17(21)22/h1-2,5-6,8-9,13H,3-4,7,10-12H2,(H,21,22)/b9-8+. The average molecular weight is 305 g/mol. The summed E-state index contributed by atoms with van der Waals surface area (Å²) in [5, 5.41) is 8.73. The van der Waals surface area contributed by atoms with Gasteiger partial charge in [-0.3, -0.25) is 9.59 Å². The molecule has 0 spiro atoms. The SMILES string of the molecule is O=C(O)CCC1CCCN(C(=O)/C=C/c2ccccc2F)C1. The van der Waals surface area contributed by atoms with Crippen molar-refractivity contribution in [3.63, 3.8) is 0 Å². The van der Waals surface area contributed by atoms with E-state index < -0.39 is 5.97 Å². The molecule has 118 valence electrons. The number of halogens is 1. The first kappa shape index (κ1) is 16.2. The maximum atomic E-state index is 13.5. The lowest BCUT2D eigenvalue weighted by Crippen LogP contribution is -2.39. The van der Waals surface area contributed by atoms with Crippen LogP contribution in [-0.4, -0.2) is 35.0 Å². The van der Waals surface area contributed by atoms with E-state index in [4.69, 9.17) is 5.11 Å². The molecule has 1 unspecified atom stereocenters. The van der Waals surface area contributed by atoms with Gasteiger partial charge in [0, 0.05) is 31.1 Å². The van der Waals surface area contributed by atoms with Crippen LogP contribution in [0, 0.1) is 11.7 Å². The number of aliphatic carboxylic acids is 1. The molecule has 2 rings (SSSR count). The summed E-state index contributed by atoms with van der Waals surface area (Å²) < 4.78 is 13.5. The number of carbonyl (C=O) groups excluding carboxylic acids is 1. The Morgan fingerprint density at radius 1 is 1.36 bits per heavy atom. The van der Waals surface area contributed by atoms with Crippen LogP contribution in [0.1, 0.15) is 31.2 Å². The van der Waals surface area contributed by atoms with Crippen molar-refractivity contribution in [2.24, 2.45) is 5.92 Å². The van der Waals surface area contributed by atoms with Gasteiger partial charge >= 0.3 is 5.97 Å². The molecule has 0 bridgehead atoms. The van der Waals surface area contributed by atoms with E-state index in [-0.39, 0.29) is 24.1 Å². The second-order valence-electron chi connectivity index (χ2n) is 5.58. The fourth-order valence-corrected chi connectivity index (χ4v) is 2.71. The van der Waals surface area contributed by atoms with Crippen molar-refractivity contribution in [2.75, 3.05) is 13.1 Å². The monoisotopic (exact) mass is 305 g/mol. The Bertz CT molecular complexity index is 571. The van der Waals surface area contributed by atoms with Gasteiger partial charge in [-0.25, -0.2) is 4.39 Å². The minimum Gasteiger partial charge on any atom is -0.481 e. The van der Waals surface area contributed by atoms with Gasteiger partial charge in [0.2, 0.25) is 5.91 Å². The summed E-state index contributed by atoms with van der Waals surface area (Å²) in [7, 11) is 0. The Kier molecular flexibility index (Phi) is 5.69. The number of carboxylic acid groups (broad SMARTS) is 1. The molecule has 0 saturated carbocycles. The van der Waals surface area contributed by atoms with E-state index in [1.54, 1.807) is 23.1 Å². The van der Waals surface area contributed by atoms with Crippen molar-refractivity contribution >= 4 is 18.0 Å². The molecule has 1 fully saturated rings. The summed E-state index contributed by atoms with van der Waals surface area (Å²) >= 11 is 0. The summed E-state index contributed by atoms with van der Waals surface area (Å²) in [6, 6.07) is 6.29. The number of carbonyl (C=O) groups is 2. The number of piperidine rings is 1. The second kappa shape index (κ2) is 7.73. The molecule has 22 heavy (non-hydrogen) atoms. The smallest absolute Gasteiger partial charge is 0.303 e. The van der Waals surface area contributed by atoms with Gasteiger partial charge in [0.25, 0.3) is 0 Å². The van der Waals surface area contributed by atoms with E-state index in [1.807, 2.05) is 0 Å². The summed E-state index contributed by atoms with van der Waals surface area (Å²) in [6.45, 7) is 1.25. The Morgan fingerprint density at radius 2 is 2.14 bits per heavy atom. The van der Waals surface area contributed by atoms with Crippen molar-refractivity contribution in [2.45, 2.75) is 25.7 Å². The highest BCUT2D eigenvalue weighted by atomic mass is 19.1. The number of rotatable bonds is 5. The molecule has 1 aromatic rings. The summed E-state index contributed by atoms with van der Waals surface area (Å²) in [4.78, 5) is 24.5. The molecule has 5 heteroatoms. The largest absolute Gasteiger partial charge is 0.481 e. The third-order valence-electron chi connectivity index (χ3n) is 3.91. The maximum Gasteiger partial charge on any atom is 0.303 e. The van der Waals surface area contributed by atoms with E-state index in [9.17, 15) is 14.0 Å². The minimum absolute atomic E-state index is 0.137. The Hall–Kier alpha value is -2.17. The molecular formula is C17H20FNO3. The molecule has 1 aliphatic heterocycles. The van der Waals surface area contributed by atoms with Gasteiger partial charge in [-0.2, -0.15) is 0 Å². The van der Waals surface area contributed by atoms with Crippen LogP contribution < -0.4 is 0 Å². The third kappa shape index (κ3) is 4.69. The Morgan fingerprint density at radius 3 is 2.86 bits per heavy atom. The molecule has 1 heterocycles. The zero-order valence-electron chi connectivity index (χ0n) is 12.4. The van der Waals surface area contributed by atoms with Gasteiger partial charge in [0.1, 0.15) is 5.82 Å². The zero-order chi connectivity index (χ0) is 15.9. The molecule has 1 aliphatic rings. The van der Waals surface area contributed by atoms with E-state index in [0.29, 0.717) is 25.1 Å². The number of benzene rings is 1. The molecule has 1 saturated heterocycles. The van der Waals surface area contributed by atoms with Crippen molar-refractivity contribution in [3.05, 3.63) is 41.7 Å². The highest BCUT2D eigenvalue weighted by Gasteiger charge is 2.22. The molecule has 1 aromatic carbocycles. The molecular weight excluding hydrogens is 285 g/mol. The maximum absolute atomic E-state index is 13.5. The second-order valence-corrected chi connectivity index (χ2v) is 5.58. The van der Waals surface area contributed by atoms with Crippen molar-refractivity contribution in [3.8, 4) is 0 Å². The van der Waals surface area contributed by atoms with E-state index in [0.717, 1.165) is 12.8 Å². The van der Waals surface area contributed by atoms with Crippen LogP contribution in [0.3, 0.4) is 0 Å². The third-order valence-corrected chi connectivity index (χ3v) is 3.91. The van der Waals surface area contributed by atoms with Gasteiger partial charge in [-0.05, 0) is 37.3 Å². The van der Waals surface area contributed by atoms with E-state index in [1.165, 1.54) is 18.2 Å². The van der Waals surface area contributed by atoms with Crippen LogP contribution in [-0.2, 0) is 9.59 Å². The molecule has 1 N–H and O–H groups in total. The van der Waals surface area contributed by atoms with Crippen LogP contribution in [0.2, 0.25) is 0 Å².